The smallest absolute Gasteiger partial charge is 0.225 e. The van der Waals surface area contributed by atoms with Crippen LogP contribution in [0.4, 0.5) is 0 Å². The van der Waals surface area contributed by atoms with Gasteiger partial charge in [-0.25, -0.2) is 0 Å². The average molecular weight is 353 g/mol. The molecule has 21 heavy (non-hydrogen) atoms. The van der Waals surface area contributed by atoms with E-state index in [2.05, 4.69) is 21.2 Å². The second kappa shape index (κ2) is 6.18. The molecule has 1 atom stereocenters. The number of amides is 2. The fourth-order valence-corrected chi connectivity index (χ4v) is 2.87. The van der Waals surface area contributed by atoms with Crippen LogP contribution in [-0.2, 0) is 16.1 Å². The number of nitrogens with one attached hydrogen (secondary N) is 1. The third-order valence-electron chi connectivity index (χ3n) is 3.35. The van der Waals surface area contributed by atoms with Crippen molar-refractivity contribution in [2.45, 2.75) is 39.3 Å². The quantitative estimate of drug-likeness (QED) is 0.908. The lowest BCUT2D eigenvalue weighted by Crippen LogP contribution is -2.44. The van der Waals surface area contributed by atoms with Gasteiger partial charge in [-0.1, -0.05) is 28.1 Å². The van der Waals surface area contributed by atoms with Crippen LogP contribution in [0.1, 0.15) is 32.8 Å². The van der Waals surface area contributed by atoms with Gasteiger partial charge in [-0.2, -0.15) is 0 Å². The van der Waals surface area contributed by atoms with Crippen molar-refractivity contribution < 1.29 is 9.59 Å². The maximum atomic E-state index is 12.2. The summed E-state index contributed by atoms with van der Waals surface area (Å²) in [7, 11) is 0. The van der Waals surface area contributed by atoms with E-state index in [4.69, 9.17) is 0 Å². The van der Waals surface area contributed by atoms with Gasteiger partial charge in [0.15, 0.2) is 0 Å². The molecule has 0 aliphatic carbocycles. The Balaban J connectivity index is 1.98. The number of carbonyl (C=O) groups excluding carboxylic acids is 2. The molecule has 4 nitrogen and oxygen atoms in total. The molecule has 0 saturated carbocycles. The van der Waals surface area contributed by atoms with Crippen molar-refractivity contribution in [2.75, 3.05) is 6.54 Å². The van der Waals surface area contributed by atoms with Gasteiger partial charge in [0.25, 0.3) is 0 Å². The highest BCUT2D eigenvalue weighted by Crippen LogP contribution is 2.22. The van der Waals surface area contributed by atoms with E-state index in [0.29, 0.717) is 19.5 Å². The third kappa shape index (κ3) is 4.56. The van der Waals surface area contributed by atoms with E-state index >= 15 is 0 Å². The van der Waals surface area contributed by atoms with E-state index < -0.39 is 0 Å². The van der Waals surface area contributed by atoms with Gasteiger partial charge < -0.3 is 10.2 Å². The highest BCUT2D eigenvalue weighted by atomic mass is 79.9. The molecule has 1 N–H and O–H groups in total. The first kappa shape index (κ1) is 16.0. The standard InChI is InChI=1S/C16H21BrN2O2/c1-16(2,3)18-15(21)12-8-14(20)19(10-12)9-11-5-4-6-13(17)7-11/h4-7,12H,8-10H2,1-3H3,(H,18,21). The molecule has 1 fully saturated rings. The highest BCUT2D eigenvalue weighted by molar-refractivity contribution is 9.10. The molecule has 0 spiro atoms. The molecule has 114 valence electrons. The predicted molar refractivity (Wildman–Crippen MR) is 85.6 cm³/mol. The topological polar surface area (TPSA) is 49.4 Å². The Morgan fingerprint density at radius 3 is 2.76 bits per heavy atom. The van der Waals surface area contributed by atoms with Crippen LogP contribution < -0.4 is 5.32 Å². The maximum absolute atomic E-state index is 12.2. The summed E-state index contributed by atoms with van der Waals surface area (Å²) < 4.78 is 0.994. The molecule has 0 aromatic heterocycles. The van der Waals surface area contributed by atoms with Gasteiger partial charge in [0, 0.05) is 29.5 Å². The van der Waals surface area contributed by atoms with Crippen LogP contribution in [-0.4, -0.2) is 28.8 Å². The lowest BCUT2D eigenvalue weighted by molar-refractivity contribution is -0.129. The van der Waals surface area contributed by atoms with Crippen LogP contribution in [0, 0.1) is 5.92 Å². The third-order valence-corrected chi connectivity index (χ3v) is 3.84. The van der Waals surface area contributed by atoms with Gasteiger partial charge >= 0.3 is 0 Å². The molecule has 2 amide bonds. The van der Waals surface area contributed by atoms with Gasteiger partial charge in [-0.3, -0.25) is 9.59 Å². The van der Waals surface area contributed by atoms with E-state index in [9.17, 15) is 9.59 Å². The molecule has 1 aromatic carbocycles. The molecule has 2 rings (SSSR count). The molecule has 1 unspecified atom stereocenters. The summed E-state index contributed by atoms with van der Waals surface area (Å²) in [5.41, 5.74) is 0.798. The molecular weight excluding hydrogens is 332 g/mol. The van der Waals surface area contributed by atoms with Crippen LogP contribution >= 0.6 is 15.9 Å². The summed E-state index contributed by atoms with van der Waals surface area (Å²) in [6.07, 6.45) is 0.302. The normalized spacial score (nSPS) is 19.0. The molecule has 1 aliphatic rings. The lowest BCUT2D eigenvalue weighted by atomic mass is 10.0. The molecule has 0 radical (unpaired) electrons. The molecule has 5 heteroatoms. The second-order valence-electron chi connectivity index (χ2n) is 6.54. The minimum absolute atomic E-state index is 0.0346. The Morgan fingerprint density at radius 1 is 1.43 bits per heavy atom. The Kier molecular flexibility index (Phi) is 4.71. The molecule has 1 saturated heterocycles. The molecular formula is C16H21BrN2O2. The Morgan fingerprint density at radius 2 is 2.14 bits per heavy atom. The first-order valence-corrected chi connectivity index (χ1v) is 7.88. The molecule has 0 bridgehead atoms. The van der Waals surface area contributed by atoms with Crippen LogP contribution in [0.2, 0.25) is 0 Å². The number of rotatable bonds is 3. The first-order valence-electron chi connectivity index (χ1n) is 7.09. The number of benzene rings is 1. The fraction of sp³-hybridized carbons (Fsp3) is 0.500. The summed E-state index contributed by atoms with van der Waals surface area (Å²) in [5, 5.41) is 2.95. The van der Waals surface area contributed by atoms with Gasteiger partial charge in [-0.15, -0.1) is 0 Å². The predicted octanol–water partition coefficient (Wildman–Crippen LogP) is 2.71. The Bertz CT molecular complexity index is 551. The van der Waals surface area contributed by atoms with Crippen molar-refractivity contribution in [1.82, 2.24) is 10.2 Å². The van der Waals surface area contributed by atoms with E-state index in [0.717, 1.165) is 10.0 Å². The number of hydrogen-bond acceptors (Lipinski definition) is 2. The zero-order valence-corrected chi connectivity index (χ0v) is 14.2. The number of halogens is 1. The summed E-state index contributed by atoms with van der Waals surface area (Å²) in [5.74, 6) is -0.236. The highest BCUT2D eigenvalue weighted by Gasteiger charge is 2.35. The second-order valence-corrected chi connectivity index (χ2v) is 7.46. The van der Waals surface area contributed by atoms with E-state index in [1.165, 1.54) is 0 Å². The van der Waals surface area contributed by atoms with Crippen molar-refractivity contribution in [3.63, 3.8) is 0 Å². The Labute approximate surface area is 134 Å². The van der Waals surface area contributed by atoms with E-state index in [1.807, 2.05) is 45.0 Å². The molecule has 1 heterocycles. The number of hydrogen-bond donors (Lipinski definition) is 1. The van der Waals surface area contributed by atoms with Crippen LogP contribution in [0.25, 0.3) is 0 Å². The minimum Gasteiger partial charge on any atom is -0.351 e. The van der Waals surface area contributed by atoms with Crippen molar-refractivity contribution in [1.29, 1.82) is 0 Å². The number of nitrogens with zero attached hydrogens (tertiary/aromatic N) is 1. The van der Waals surface area contributed by atoms with Crippen LogP contribution in [0.3, 0.4) is 0 Å². The van der Waals surface area contributed by atoms with E-state index in [1.54, 1.807) is 4.90 Å². The minimum atomic E-state index is -0.266. The maximum Gasteiger partial charge on any atom is 0.225 e. The zero-order valence-electron chi connectivity index (χ0n) is 12.6. The zero-order chi connectivity index (χ0) is 15.6. The first-order chi connectivity index (χ1) is 9.74. The van der Waals surface area contributed by atoms with Crippen molar-refractivity contribution in [3.8, 4) is 0 Å². The fourth-order valence-electron chi connectivity index (χ4n) is 2.43. The summed E-state index contributed by atoms with van der Waals surface area (Å²) in [6, 6.07) is 7.88. The van der Waals surface area contributed by atoms with Crippen molar-refractivity contribution in [2.24, 2.45) is 5.92 Å². The number of likely N-dealkylation sites (tertiary alicyclic amines) is 1. The average Bonchev–Trinajstić information content (AvgIpc) is 2.69. The molecule has 1 aliphatic heterocycles. The monoisotopic (exact) mass is 352 g/mol. The summed E-state index contributed by atoms with van der Waals surface area (Å²) in [4.78, 5) is 26.0. The van der Waals surface area contributed by atoms with Crippen LogP contribution in [0.15, 0.2) is 28.7 Å². The SMILES string of the molecule is CC(C)(C)NC(=O)C1CC(=O)N(Cc2cccc(Br)c2)C1. The lowest BCUT2D eigenvalue weighted by Gasteiger charge is -2.23. The summed E-state index contributed by atoms with van der Waals surface area (Å²) in [6.45, 7) is 6.88. The largest absolute Gasteiger partial charge is 0.351 e. The van der Waals surface area contributed by atoms with E-state index in [-0.39, 0.29) is 23.3 Å². The van der Waals surface area contributed by atoms with Gasteiger partial charge in [0.2, 0.25) is 11.8 Å². The van der Waals surface area contributed by atoms with Crippen LogP contribution in [0.5, 0.6) is 0 Å². The van der Waals surface area contributed by atoms with Crippen molar-refractivity contribution in [3.05, 3.63) is 34.3 Å². The molecule has 1 aromatic rings. The Hall–Kier alpha value is -1.36. The van der Waals surface area contributed by atoms with Crippen molar-refractivity contribution >= 4 is 27.7 Å². The summed E-state index contributed by atoms with van der Waals surface area (Å²) >= 11 is 3.43. The van der Waals surface area contributed by atoms with Gasteiger partial charge in [0.05, 0.1) is 5.92 Å². The van der Waals surface area contributed by atoms with Gasteiger partial charge in [-0.05, 0) is 38.5 Å². The van der Waals surface area contributed by atoms with Gasteiger partial charge in [0.1, 0.15) is 0 Å². The number of carbonyl (C=O) groups is 2.